The Hall–Kier alpha value is -0.960. The SMILES string of the molecule is COc1ccc2c(Br)coc2c1. The highest BCUT2D eigenvalue weighted by molar-refractivity contribution is 9.10. The second-order valence-corrected chi connectivity index (χ2v) is 3.30. The number of furan rings is 1. The third-order valence-corrected chi connectivity index (χ3v) is 2.35. The number of hydrogen-bond donors (Lipinski definition) is 0. The summed E-state index contributed by atoms with van der Waals surface area (Å²) in [5.74, 6) is 0.810. The summed E-state index contributed by atoms with van der Waals surface area (Å²) in [5.41, 5.74) is 0.834. The molecule has 0 atom stereocenters. The van der Waals surface area contributed by atoms with Crippen molar-refractivity contribution in [3.63, 3.8) is 0 Å². The van der Waals surface area contributed by atoms with Crippen molar-refractivity contribution in [3.8, 4) is 5.75 Å². The molecule has 0 spiro atoms. The van der Waals surface area contributed by atoms with E-state index >= 15 is 0 Å². The molecule has 0 saturated heterocycles. The van der Waals surface area contributed by atoms with Crippen molar-refractivity contribution in [1.82, 2.24) is 0 Å². The number of ether oxygens (including phenoxy) is 1. The van der Waals surface area contributed by atoms with Gasteiger partial charge in [0.1, 0.15) is 17.6 Å². The number of halogens is 1. The summed E-state index contributed by atoms with van der Waals surface area (Å²) in [7, 11) is 1.64. The molecule has 2 rings (SSSR count). The van der Waals surface area contributed by atoms with Gasteiger partial charge in [0.15, 0.2) is 0 Å². The summed E-state index contributed by atoms with van der Waals surface area (Å²) in [5, 5.41) is 1.07. The van der Waals surface area contributed by atoms with Gasteiger partial charge in [0, 0.05) is 11.5 Å². The highest BCUT2D eigenvalue weighted by Crippen LogP contribution is 2.28. The maximum atomic E-state index is 5.26. The average Bonchev–Trinajstić information content (AvgIpc) is 2.47. The van der Waals surface area contributed by atoms with E-state index < -0.39 is 0 Å². The lowest BCUT2D eigenvalue weighted by Crippen LogP contribution is -1.80. The number of benzene rings is 1. The van der Waals surface area contributed by atoms with Crippen LogP contribution in [0.4, 0.5) is 0 Å². The van der Waals surface area contributed by atoms with Crippen molar-refractivity contribution >= 4 is 26.9 Å². The Morgan fingerprint density at radius 2 is 2.25 bits per heavy atom. The van der Waals surface area contributed by atoms with Crippen LogP contribution in [0.15, 0.2) is 33.4 Å². The molecule has 0 aliphatic carbocycles. The lowest BCUT2D eigenvalue weighted by Gasteiger charge is -1.97. The van der Waals surface area contributed by atoms with Crippen LogP contribution in [-0.2, 0) is 0 Å². The zero-order valence-corrected chi connectivity index (χ0v) is 8.09. The van der Waals surface area contributed by atoms with E-state index in [1.54, 1.807) is 13.4 Å². The second-order valence-electron chi connectivity index (χ2n) is 2.45. The fraction of sp³-hybridized carbons (Fsp3) is 0.111. The average molecular weight is 227 g/mol. The monoisotopic (exact) mass is 226 g/mol. The Kier molecular flexibility index (Phi) is 1.81. The number of rotatable bonds is 1. The molecule has 2 aromatic rings. The Bertz CT molecular complexity index is 406. The molecule has 0 saturated carbocycles. The lowest BCUT2D eigenvalue weighted by molar-refractivity contribution is 0.414. The maximum Gasteiger partial charge on any atom is 0.138 e. The van der Waals surface area contributed by atoms with Crippen LogP contribution in [0.1, 0.15) is 0 Å². The Morgan fingerprint density at radius 1 is 1.42 bits per heavy atom. The van der Waals surface area contributed by atoms with E-state index in [1.165, 1.54) is 0 Å². The van der Waals surface area contributed by atoms with Crippen LogP contribution in [0, 0.1) is 0 Å². The fourth-order valence-corrected chi connectivity index (χ4v) is 1.52. The Morgan fingerprint density at radius 3 is 3.00 bits per heavy atom. The van der Waals surface area contributed by atoms with Crippen molar-refractivity contribution in [2.45, 2.75) is 0 Å². The zero-order chi connectivity index (χ0) is 8.55. The van der Waals surface area contributed by atoms with E-state index in [1.807, 2.05) is 18.2 Å². The smallest absolute Gasteiger partial charge is 0.138 e. The predicted octanol–water partition coefficient (Wildman–Crippen LogP) is 3.20. The number of methoxy groups -OCH3 is 1. The van der Waals surface area contributed by atoms with Crippen molar-refractivity contribution < 1.29 is 9.15 Å². The van der Waals surface area contributed by atoms with Crippen LogP contribution < -0.4 is 4.74 Å². The summed E-state index contributed by atoms with van der Waals surface area (Å²) >= 11 is 3.38. The van der Waals surface area contributed by atoms with Gasteiger partial charge in [0.05, 0.1) is 11.6 Å². The molecule has 0 unspecified atom stereocenters. The molecule has 0 aliphatic heterocycles. The minimum atomic E-state index is 0.810. The van der Waals surface area contributed by atoms with Gasteiger partial charge in [-0.25, -0.2) is 0 Å². The van der Waals surface area contributed by atoms with Gasteiger partial charge >= 0.3 is 0 Å². The topological polar surface area (TPSA) is 22.4 Å². The normalized spacial score (nSPS) is 10.5. The van der Waals surface area contributed by atoms with E-state index in [2.05, 4.69) is 15.9 Å². The van der Waals surface area contributed by atoms with Gasteiger partial charge in [0.2, 0.25) is 0 Å². The van der Waals surface area contributed by atoms with Crippen LogP contribution in [0.2, 0.25) is 0 Å². The van der Waals surface area contributed by atoms with Gasteiger partial charge in [0.25, 0.3) is 0 Å². The predicted molar refractivity (Wildman–Crippen MR) is 50.5 cm³/mol. The first kappa shape index (κ1) is 7.68. The van der Waals surface area contributed by atoms with E-state index in [0.29, 0.717) is 0 Å². The summed E-state index contributed by atoms with van der Waals surface area (Å²) in [6, 6.07) is 5.73. The molecular weight excluding hydrogens is 220 g/mol. The van der Waals surface area contributed by atoms with Crippen LogP contribution in [0.3, 0.4) is 0 Å². The Labute approximate surface area is 78.3 Å². The zero-order valence-electron chi connectivity index (χ0n) is 6.50. The molecule has 0 radical (unpaired) electrons. The first-order valence-corrected chi connectivity index (χ1v) is 4.31. The number of hydrogen-bond acceptors (Lipinski definition) is 2. The molecule has 1 heterocycles. The summed E-state index contributed by atoms with van der Waals surface area (Å²) in [6.07, 6.45) is 1.67. The highest BCUT2D eigenvalue weighted by atomic mass is 79.9. The fourth-order valence-electron chi connectivity index (χ4n) is 1.10. The van der Waals surface area contributed by atoms with E-state index in [-0.39, 0.29) is 0 Å². The minimum absolute atomic E-state index is 0.810. The molecular formula is C9H7BrO2. The van der Waals surface area contributed by atoms with Gasteiger partial charge in [-0.3, -0.25) is 0 Å². The molecule has 0 fully saturated rings. The second kappa shape index (κ2) is 2.83. The molecule has 0 N–H and O–H groups in total. The molecule has 1 aromatic heterocycles. The molecule has 1 aromatic carbocycles. The van der Waals surface area contributed by atoms with Gasteiger partial charge in [-0.15, -0.1) is 0 Å². The minimum Gasteiger partial charge on any atom is -0.497 e. The molecule has 2 nitrogen and oxygen atoms in total. The maximum absolute atomic E-state index is 5.26. The number of fused-ring (bicyclic) bond motifs is 1. The van der Waals surface area contributed by atoms with Crippen LogP contribution in [0.5, 0.6) is 5.75 Å². The van der Waals surface area contributed by atoms with Crippen LogP contribution in [0.25, 0.3) is 11.0 Å². The van der Waals surface area contributed by atoms with Gasteiger partial charge < -0.3 is 9.15 Å². The quantitative estimate of drug-likeness (QED) is 0.746. The summed E-state index contributed by atoms with van der Waals surface area (Å²) < 4.78 is 11.3. The van der Waals surface area contributed by atoms with Crippen molar-refractivity contribution in [2.75, 3.05) is 7.11 Å². The molecule has 0 aliphatic rings. The lowest BCUT2D eigenvalue weighted by atomic mass is 10.2. The molecule has 3 heteroatoms. The van der Waals surface area contributed by atoms with E-state index in [9.17, 15) is 0 Å². The van der Waals surface area contributed by atoms with Crippen LogP contribution >= 0.6 is 15.9 Å². The molecule has 0 amide bonds. The van der Waals surface area contributed by atoms with Gasteiger partial charge in [-0.05, 0) is 28.1 Å². The summed E-state index contributed by atoms with van der Waals surface area (Å²) in [4.78, 5) is 0. The first-order chi connectivity index (χ1) is 5.81. The molecule has 0 bridgehead atoms. The van der Waals surface area contributed by atoms with Gasteiger partial charge in [-0.1, -0.05) is 0 Å². The molecule has 12 heavy (non-hydrogen) atoms. The third kappa shape index (κ3) is 1.10. The highest BCUT2D eigenvalue weighted by Gasteiger charge is 2.03. The van der Waals surface area contributed by atoms with Crippen molar-refractivity contribution in [3.05, 3.63) is 28.9 Å². The third-order valence-electron chi connectivity index (χ3n) is 1.74. The largest absolute Gasteiger partial charge is 0.497 e. The first-order valence-electron chi connectivity index (χ1n) is 3.52. The van der Waals surface area contributed by atoms with Crippen molar-refractivity contribution in [2.24, 2.45) is 0 Å². The van der Waals surface area contributed by atoms with Crippen LogP contribution in [-0.4, -0.2) is 7.11 Å². The van der Waals surface area contributed by atoms with Gasteiger partial charge in [-0.2, -0.15) is 0 Å². The van der Waals surface area contributed by atoms with E-state index in [4.69, 9.17) is 9.15 Å². The standard InChI is InChI=1S/C9H7BrO2/c1-11-6-2-3-7-8(10)5-12-9(7)4-6/h2-5H,1H3. The molecule has 62 valence electrons. The van der Waals surface area contributed by atoms with Crippen molar-refractivity contribution in [1.29, 1.82) is 0 Å². The summed E-state index contributed by atoms with van der Waals surface area (Å²) in [6.45, 7) is 0. The van der Waals surface area contributed by atoms with E-state index in [0.717, 1.165) is 21.2 Å². The Balaban J connectivity index is 2.69.